The minimum Gasteiger partial charge on any atom is -0.486 e. The van der Waals surface area contributed by atoms with Gasteiger partial charge in [-0.1, -0.05) is 65.0 Å². The summed E-state index contributed by atoms with van der Waals surface area (Å²) >= 11 is 10.7. The molecule has 2 heterocycles. The maximum absolute atomic E-state index is 5.88. The van der Waals surface area contributed by atoms with Crippen molar-refractivity contribution in [3.63, 3.8) is 0 Å². The number of ether oxygens (including phenoxy) is 1. The fourth-order valence-electron chi connectivity index (χ4n) is 2.41. The number of halogens is 1. The lowest BCUT2D eigenvalue weighted by molar-refractivity contribution is 0.305. The number of thioether (sulfide) groups is 1. The minimum atomic E-state index is 0.448. The van der Waals surface area contributed by atoms with Crippen LogP contribution in [-0.2, 0) is 18.9 Å². The molecule has 0 unspecified atom stereocenters. The van der Waals surface area contributed by atoms with E-state index in [4.69, 9.17) is 16.3 Å². The first-order valence-electron chi connectivity index (χ1n) is 8.80. The van der Waals surface area contributed by atoms with Gasteiger partial charge in [-0.25, -0.2) is 4.98 Å². The third kappa shape index (κ3) is 6.17. The highest BCUT2D eigenvalue weighted by atomic mass is 35.5. The summed E-state index contributed by atoms with van der Waals surface area (Å²) in [6, 6.07) is 17.6. The van der Waals surface area contributed by atoms with Gasteiger partial charge in [0.25, 0.3) is 0 Å². The van der Waals surface area contributed by atoms with Crippen molar-refractivity contribution in [3.05, 3.63) is 81.3 Å². The van der Waals surface area contributed by atoms with Crippen LogP contribution in [0, 0.1) is 0 Å². The van der Waals surface area contributed by atoms with Crippen LogP contribution < -0.4 is 10.1 Å². The molecule has 4 aromatic rings. The number of hydrogen-bond acceptors (Lipinski definition) is 8. The molecule has 0 bridgehead atoms. The molecule has 0 saturated heterocycles. The number of hydrogen-bond donors (Lipinski definition) is 1. The van der Waals surface area contributed by atoms with Crippen LogP contribution in [0.5, 0.6) is 5.75 Å². The first-order chi connectivity index (χ1) is 14.2. The fourth-order valence-corrected chi connectivity index (χ4v) is 4.98. The Hall–Kier alpha value is -2.13. The number of thiazole rings is 1. The lowest BCUT2D eigenvalue weighted by atomic mass is 10.2. The molecule has 5 nitrogen and oxygen atoms in total. The van der Waals surface area contributed by atoms with Crippen molar-refractivity contribution >= 4 is 51.2 Å². The average molecular weight is 461 g/mol. The summed E-state index contributed by atoms with van der Waals surface area (Å²) in [6.45, 7) is 1.19. The molecule has 0 fully saturated rings. The third-order valence-corrected chi connectivity index (χ3v) is 6.98. The SMILES string of the molecule is Clc1ccc(OCc2nc(CSc3nnc(NCc4ccccc4)s3)cs2)cc1. The molecule has 148 valence electrons. The first-order valence-corrected chi connectivity index (χ1v) is 11.9. The highest BCUT2D eigenvalue weighted by Gasteiger charge is 2.08. The van der Waals surface area contributed by atoms with Gasteiger partial charge in [-0.2, -0.15) is 0 Å². The number of anilines is 1. The van der Waals surface area contributed by atoms with Crippen LogP contribution in [0.2, 0.25) is 5.02 Å². The number of nitrogens with one attached hydrogen (secondary N) is 1. The van der Waals surface area contributed by atoms with E-state index in [0.717, 1.165) is 38.2 Å². The number of aromatic nitrogens is 3. The summed E-state index contributed by atoms with van der Waals surface area (Å²) in [5.74, 6) is 1.54. The molecule has 4 rings (SSSR count). The number of nitrogens with zero attached hydrogens (tertiary/aromatic N) is 3. The van der Waals surface area contributed by atoms with Crippen molar-refractivity contribution in [1.82, 2.24) is 15.2 Å². The van der Waals surface area contributed by atoms with E-state index >= 15 is 0 Å². The normalized spacial score (nSPS) is 10.8. The lowest BCUT2D eigenvalue weighted by Crippen LogP contribution is -1.98. The van der Waals surface area contributed by atoms with Crippen LogP contribution >= 0.6 is 46.0 Å². The molecular weight excluding hydrogens is 444 g/mol. The van der Waals surface area contributed by atoms with Crippen molar-refractivity contribution < 1.29 is 4.74 Å². The quantitative estimate of drug-likeness (QED) is 0.303. The molecule has 0 spiro atoms. The maximum Gasteiger partial charge on any atom is 0.206 e. The number of benzene rings is 2. The molecule has 2 aromatic heterocycles. The minimum absolute atomic E-state index is 0.448. The monoisotopic (exact) mass is 460 g/mol. The molecule has 1 N–H and O–H groups in total. The molecule has 2 aromatic carbocycles. The van der Waals surface area contributed by atoms with Crippen molar-refractivity contribution in [2.75, 3.05) is 5.32 Å². The molecule has 29 heavy (non-hydrogen) atoms. The van der Waals surface area contributed by atoms with E-state index in [1.54, 1.807) is 34.4 Å². The highest BCUT2D eigenvalue weighted by molar-refractivity contribution is 8.00. The molecule has 9 heteroatoms. The second-order valence-corrected chi connectivity index (χ2v) is 9.56. The lowest BCUT2D eigenvalue weighted by Gasteiger charge is -2.03. The predicted octanol–water partition coefficient (Wildman–Crippen LogP) is 6.13. The molecule has 0 aliphatic heterocycles. The Bertz CT molecular complexity index is 1040. The fraction of sp³-hybridized carbons (Fsp3) is 0.150. The Labute approximate surface area is 186 Å². The van der Waals surface area contributed by atoms with Crippen LogP contribution in [0.1, 0.15) is 16.3 Å². The molecular formula is C20H17ClN4OS3. The van der Waals surface area contributed by atoms with Crippen LogP contribution in [-0.4, -0.2) is 15.2 Å². The first kappa shape index (κ1) is 20.2. The Balaban J connectivity index is 1.23. The van der Waals surface area contributed by atoms with Gasteiger partial charge in [0.1, 0.15) is 17.4 Å². The van der Waals surface area contributed by atoms with Gasteiger partial charge >= 0.3 is 0 Å². The van der Waals surface area contributed by atoms with Gasteiger partial charge in [0, 0.05) is 22.7 Å². The smallest absolute Gasteiger partial charge is 0.206 e. The van der Waals surface area contributed by atoms with Crippen LogP contribution in [0.15, 0.2) is 64.3 Å². The van der Waals surface area contributed by atoms with E-state index in [9.17, 15) is 0 Å². The predicted molar refractivity (Wildman–Crippen MR) is 121 cm³/mol. The van der Waals surface area contributed by atoms with Gasteiger partial charge in [0.15, 0.2) is 4.34 Å². The average Bonchev–Trinajstić information content (AvgIpc) is 3.40. The van der Waals surface area contributed by atoms with E-state index in [2.05, 4.69) is 38.0 Å². The van der Waals surface area contributed by atoms with E-state index in [0.29, 0.717) is 11.6 Å². The second-order valence-electron chi connectivity index (χ2n) is 5.98. The van der Waals surface area contributed by atoms with Crippen LogP contribution in [0.25, 0.3) is 0 Å². The van der Waals surface area contributed by atoms with Crippen LogP contribution in [0.3, 0.4) is 0 Å². The van der Waals surface area contributed by atoms with E-state index in [1.165, 1.54) is 5.56 Å². The largest absolute Gasteiger partial charge is 0.486 e. The van der Waals surface area contributed by atoms with Crippen molar-refractivity contribution in [2.24, 2.45) is 0 Å². The zero-order chi connectivity index (χ0) is 19.9. The Morgan fingerprint density at radius 3 is 2.69 bits per heavy atom. The van der Waals surface area contributed by atoms with Crippen molar-refractivity contribution in [3.8, 4) is 5.75 Å². The molecule has 0 radical (unpaired) electrons. The second kappa shape index (κ2) is 10.1. The van der Waals surface area contributed by atoms with Gasteiger partial charge in [-0.15, -0.1) is 21.5 Å². The maximum atomic E-state index is 5.88. The Morgan fingerprint density at radius 2 is 1.86 bits per heavy atom. The molecule has 0 atom stereocenters. The van der Waals surface area contributed by atoms with Gasteiger partial charge in [-0.3, -0.25) is 0 Å². The van der Waals surface area contributed by atoms with Gasteiger partial charge < -0.3 is 10.1 Å². The Morgan fingerprint density at radius 1 is 1.03 bits per heavy atom. The van der Waals surface area contributed by atoms with E-state index < -0.39 is 0 Å². The van der Waals surface area contributed by atoms with E-state index in [1.807, 2.05) is 42.5 Å². The van der Waals surface area contributed by atoms with Gasteiger partial charge in [0.2, 0.25) is 5.13 Å². The van der Waals surface area contributed by atoms with Crippen LogP contribution in [0.4, 0.5) is 5.13 Å². The van der Waals surface area contributed by atoms with Gasteiger partial charge in [0.05, 0.1) is 5.69 Å². The molecule has 0 amide bonds. The summed E-state index contributed by atoms with van der Waals surface area (Å²) in [4.78, 5) is 4.63. The zero-order valence-electron chi connectivity index (χ0n) is 15.2. The molecule has 0 saturated carbocycles. The third-order valence-electron chi connectivity index (χ3n) is 3.81. The summed E-state index contributed by atoms with van der Waals surface area (Å²) in [6.07, 6.45) is 0. The summed E-state index contributed by atoms with van der Waals surface area (Å²) in [5, 5.41) is 16.3. The zero-order valence-corrected chi connectivity index (χ0v) is 18.5. The molecule has 0 aliphatic rings. The summed E-state index contributed by atoms with van der Waals surface area (Å²) in [5.41, 5.74) is 2.23. The van der Waals surface area contributed by atoms with Gasteiger partial charge in [-0.05, 0) is 29.8 Å². The summed E-state index contributed by atoms with van der Waals surface area (Å²) < 4.78 is 6.67. The topological polar surface area (TPSA) is 59.9 Å². The highest BCUT2D eigenvalue weighted by Crippen LogP contribution is 2.29. The number of rotatable bonds is 9. The molecule has 0 aliphatic carbocycles. The summed E-state index contributed by atoms with van der Waals surface area (Å²) in [7, 11) is 0. The standard InChI is InChI=1S/C20H17ClN4OS3/c21-15-6-8-17(9-7-15)26-11-18-23-16(12-27-18)13-28-20-25-24-19(29-20)22-10-14-4-2-1-3-5-14/h1-9,12H,10-11,13H2,(H,22,24). The van der Waals surface area contributed by atoms with Crippen molar-refractivity contribution in [2.45, 2.75) is 23.2 Å². The Kier molecular flexibility index (Phi) is 7.00. The van der Waals surface area contributed by atoms with E-state index in [-0.39, 0.29) is 0 Å². The van der Waals surface area contributed by atoms with Crippen molar-refractivity contribution in [1.29, 1.82) is 0 Å².